The van der Waals surface area contributed by atoms with Gasteiger partial charge in [-0.2, -0.15) is 5.26 Å². The zero-order valence-electron chi connectivity index (χ0n) is 9.98. The molecule has 2 aliphatic rings. The highest BCUT2D eigenvalue weighted by Gasteiger charge is 2.35. The summed E-state index contributed by atoms with van der Waals surface area (Å²) >= 11 is 0. The lowest BCUT2D eigenvalue weighted by atomic mass is 9.84. The molecule has 1 atom stereocenters. The number of nitriles is 1. The van der Waals surface area contributed by atoms with Gasteiger partial charge in [-0.3, -0.25) is 4.79 Å². The van der Waals surface area contributed by atoms with Crippen molar-refractivity contribution in [2.75, 3.05) is 6.54 Å². The fourth-order valence-corrected chi connectivity index (χ4v) is 3.04. The zero-order chi connectivity index (χ0) is 11.5. The van der Waals surface area contributed by atoms with Crippen LogP contribution < -0.4 is 0 Å². The predicted octanol–water partition coefficient (Wildman–Crippen LogP) is 2.33. The highest BCUT2D eigenvalue weighted by molar-refractivity contribution is 5.79. The van der Waals surface area contributed by atoms with Crippen molar-refractivity contribution in [1.29, 1.82) is 5.26 Å². The van der Waals surface area contributed by atoms with Gasteiger partial charge in [-0.1, -0.05) is 13.3 Å². The third kappa shape index (κ3) is 2.21. The van der Waals surface area contributed by atoms with Crippen molar-refractivity contribution in [2.24, 2.45) is 11.8 Å². The first kappa shape index (κ1) is 11.4. The van der Waals surface area contributed by atoms with Crippen LogP contribution >= 0.6 is 0 Å². The first-order valence-corrected chi connectivity index (χ1v) is 6.43. The second kappa shape index (κ2) is 4.86. The van der Waals surface area contributed by atoms with E-state index < -0.39 is 0 Å². The van der Waals surface area contributed by atoms with Gasteiger partial charge in [-0.15, -0.1) is 0 Å². The molecule has 0 bridgehead atoms. The van der Waals surface area contributed by atoms with E-state index >= 15 is 0 Å². The molecule has 0 radical (unpaired) electrons. The number of hydrogen-bond acceptors (Lipinski definition) is 2. The molecule has 3 nitrogen and oxygen atoms in total. The molecule has 0 N–H and O–H groups in total. The zero-order valence-corrected chi connectivity index (χ0v) is 9.98. The van der Waals surface area contributed by atoms with Crippen molar-refractivity contribution in [1.82, 2.24) is 4.90 Å². The molecule has 1 aliphatic heterocycles. The molecular weight excluding hydrogens is 200 g/mol. The third-order valence-corrected chi connectivity index (χ3v) is 4.18. The van der Waals surface area contributed by atoms with Crippen molar-refractivity contribution >= 4 is 5.91 Å². The lowest BCUT2D eigenvalue weighted by Gasteiger charge is -2.34. The fourth-order valence-electron chi connectivity index (χ4n) is 3.04. The van der Waals surface area contributed by atoms with Crippen LogP contribution in [0.25, 0.3) is 0 Å². The van der Waals surface area contributed by atoms with E-state index in [4.69, 9.17) is 5.26 Å². The summed E-state index contributed by atoms with van der Waals surface area (Å²) in [5.74, 6) is 1.00. The maximum atomic E-state index is 11.8. The molecular formula is C13H20N2O. The van der Waals surface area contributed by atoms with Gasteiger partial charge in [0.15, 0.2) is 0 Å². The van der Waals surface area contributed by atoms with Crippen molar-refractivity contribution < 1.29 is 4.79 Å². The van der Waals surface area contributed by atoms with Gasteiger partial charge in [0.05, 0.1) is 12.0 Å². The SMILES string of the molecule is CCC1CCC(N2CC(C#N)CC2=O)CC1. The highest BCUT2D eigenvalue weighted by atomic mass is 16.2. The second-order valence-corrected chi connectivity index (χ2v) is 5.16. The van der Waals surface area contributed by atoms with Crippen LogP contribution in [0.3, 0.4) is 0 Å². The van der Waals surface area contributed by atoms with Crippen LogP contribution in [0.5, 0.6) is 0 Å². The molecule has 0 aromatic heterocycles. The minimum atomic E-state index is -0.0589. The molecule has 1 saturated carbocycles. The van der Waals surface area contributed by atoms with Crippen LogP contribution in [-0.4, -0.2) is 23.4 Å². The number of likely N-dealkylation sites (tertiary alicyclic amines) is 1. The summed E-state index contributed by atoms with van der Waals surface area (Å²) in [7, 11) is 0. The third-order valence-electron chi connectivity index (χ3n) is 4.18. The monoisotopic (exact) mass is 220 g/mol. The molecule has 1 amide bonds. The normalized spacial score (nSPS) is 35.1. The quantitative estimate of drug-likeness (QED) is 0.717. The highest BCUT2D eigenvalue weighted by Crippen LogP contribution is 2.32. The summed E-state index contributed by atoms with van der Waals surface area (Å²) in [5, 5.41) is 8.85. The Hall–Kier alpha value is -1.04. The van der Waals surface area contributed by atoms with E-state index in [0.29, 0.717) is 19.0 Å². The Labute approximate surface area is 97.4 Å². The van der Waals surface area contributed by atoms with E-state index in [-0.39, 0.29) is 11.8 Å². The average Bonchev–Trinajstić information content (AvgIpc) is 2.71. The number of hydrogen-bond donors (Lipinski definition) is 0. The standard InChI is InChI=1S/C13H20N2O/c1-2-10-3-5-12(6-4-10)15-9-11(8-14)7-13(15)16/h10-12H,2-7,9H2,1H3. The molecule has 1 aliphatic carbocycles. The van der Waals surface area contributed by atoms with Gasteiger partial charge < -0.3 is 4.90 Å². The first-order chi connectivity index (χ1) is 7.74. The average molecular weight is 220 g/mol. The van der Waals surface area contributed by atoms with E-state index in [1.54, 1.807) is 0 Å². The minimum Gasteiger partial charge on any atom is -0.338 e. The Balaban J connectivity index is 1.90. The molecule has 88 valence electrons. The van der Waals surface area contributed by atoms with Crippen LogP contribution in [0.2, 0.25) is 0 Å². The van der Waals surface area contributed by atoms with Gasteiger partial charge in [0, 0.05) is 19.0 Å². The van der Waals surface area contributed by atoms with Gasteiger partial charge in [0.1, 0.15) is 0 Å². The van der Waals surface area contributed by atoms with Gasteiger partial charge in [0.2, 0.25) is 5.91 Å². The van der Waals surface area contributed by atoms with Gasteiger partial charge in [0.25, 0.3) is 0 Å². The predicted molar refractivity (Wildman–Crippen MR) is 61.5 cm³/mol. The van der Waals surface area contributed by atoms with E-state index in [1.165, 1.54) is 19.3 Å². The smallest absolute Gasteiger partial charge is 0.224 e. The molecule has 2 fully saturated rings. The molecule has 3 heteroatoms. The fraction of sp³-hybridized carbons (Fsp3) is 0.846. The molecule has 1 unspecified atom stereocenters. The van der Waals surface area contributed by atoms with Crippen LogP contribution in [0, 0.1) is 23.2 Å². The van der Waals surface area contributed by atoms with Crippen molar-refractivity contribution in [2.45, 2.75) is 51.5 Å². The summed E-state index contributed by atoms with van der Waals surface area (Å²) in [5.41, 5.74) is 0. The van der Waals surface area contributed by atoms with Crippen LogP contribution in [-0.2, 0) is 4.79 Å². The molecule has 1 saturated heterocycles. The number of rotatable bonds is 2. The number of carbonyl (C=O) groups is 1. The Bertz CT molecular complexity index is 300. The molecule has 0 aromatic rings. The van der Waals surface area contributed by atoms with Crippen molar-refractivity contribution in [3.8, 4) is 6.07 Å². The summed E-state index contributed by atoms with van der Waals surface area (Å²) in [6, 6.07) is 2.65. The summed E-state index contributed by atoms with van der Waals surface area (Å²) < 4.78 is 0. The summed E-state index contributed by atoms with van der Waals surface area (Å²) in [6.07, 6.45) is 6.50. The Kier molecular flexibility index (Phi) is 3.48. The number of amides is 1. The molecule has 16 heavy (non-hydrogen) atoms. The molecule has 0 spiro atoms. The van der Waals surface area contributed by atoms with E-state index in [2.05, 4.69) is 13.0 Å². The van der Waals surface area contributed by atoms with Crippen molar-refractivity contribution in [3.05, 3.63) is 0 Å². The Morgan fingerprint density at radius 1 is 1.38 bits per heavy atom. The summed E-state index contributed by atoms with van der Waals surface area (Å²) in [6.45, 7) is 2.93. The summed E-state index contributed by atoms with van der Waals surface area (Å²) in [4.78, 5) is 13.7. The molecule has 1 heterocycles. The first-order valence-electron chi connectivity index (χ1n) is 6.43. The van der Waals surface area contributed by atoms with Gasteiger partial charge in [-0.05, 0) is 31.6 Å². The Morgan fingerprint density at radius 2 is 2.06 bits per heavy atom. The lowest BCUT2D eigenvalue weighted by Crippen LogP contribution is -2.39. The maximum Gasteiger partial charge on any atom is 0.224 e. The topological polar surface area (TPSA) is 44.1 Å². The number of carbonyl (C=O) groups excluding carboxylic acids is 1. The molecule has 2 rings (SSSR count). The largest absolute Gasteiger partial charge is 0.338 e. The van der Waals surface area contributed by atoms with Crippen LogP contribution in [0.4, 0.5) is 0 Å². The molecule has 0 aromatic carbocycles. The van der Waals surface area contributed by atoms with Crippen LogP contribution in [0.1, 0.15) is 45.4 Å². The van der Waals surface area contributed by atoms with E-state index in [0.717, 1.165) is 18.8 Å². The number of nitrogens with zero attached hydrogens (tertiary/aromatic N) is 2. The minimum absolute atomic E-state index is 0.0589. The van der Waals surface area contributed by atoms with Gasteiger partial charge in [-0.25, -0.2) is 0 Å². The maximum absolute atomic E-state index is 11.8. The van der Waals surface area contributed by atoms with Crippen LogP contribution in [0.15, 0.2) is 0 Å². The van der Waals surface area contributed by atoms with E-state index in [1.807, 2.05) is 4.90 Å². The Morgan fingerprint density at radius 3 is 2.56 bits per heavy atom. The van der Waals surface area contributed by atoms with Gasteiger partial charge >= 0.3 is 0 Å². The second-order valence-electron chi connectivity index (χ2n) is 5.16. The van der Waals surface area contributed by atoms with Crippen molar-refractivity contribution in [3.63, 3.8) is 0 Å². The lowest BCUT2D eigenvalue weighted by molar-refractivity contribution is -0.130. The van der Waals surface area contributed by atoms with E-state index in [9.17, 15) is 4.79 Å².